The minimum Gasteiger partial charge on any atom is -0.497 e. The molecule has 0 saturated carbocycles. The number of ether oxygens (including phenoxy) is 3. The highest BCUT2D eigenvalue weighted by Crippen LogP contribution is 2.29. The van der Waals surface area contributed by atoms with Crippen molar-refractivity contribution < 1.29 is 24.1 Å². The maximum atomic E-state index is 12.8. The molecule has 1 amide bonds. The SMILES string of the molecule is CCNC(=NCC(O)c1cc(OC)ccc1OC)N1CCC(C(=O)N2CCOCC2)CC1.I. The second-order valence-electron chi connectivity index (χ2n) is 8.02. The lowest BCUT2D eigenvalue weighted by Gasteiger charge is -2.36. The van der Waals surface area contributed by atoms with Gasteiger partial charge in [0.1, 0.15) is 17.6 Å². The van der Waals surface area contributed by atoms with E-state index < -0.39 is 6.10 Å². The number of rotatable bonds is 7. The molecule has 0 radical (unpaired) electrons. The fourth-order valence-corrected chi connectivity index (χ4v) is 4.18. The lowest BCUT2D eigenvalue weighted by Crippen LogP contribution is -2.50. The monoisotopic (exact) mass is 576 g/mol. The topological polar surface area (TPSA) is 95.9 Å². The number of aliphatic hydroxyl groups is 1. The van der Waals surface area contributed by atoms with Crippen LogP contribution in [0.5, 0.6) is 11.5 Å². The molecule has 33 heavy (non-hydrogen) atoms. The first-order valence-electron chi connectivity index (χ1n) is 11.4. The van der Waals surface area contributed by atoms with Gasteiger partial charge in [-0.05, 0) is 38.0 Å². The van der Waals surface area contributed by atoms with Crippen LogP contribution in [0.1, 0.15) is 31.4 Å². The number of nitrogens with zero attached hydrogens (tertiary/aromatic N) is 3. The van der Waals surface area contributed by atoms with Gasteiger partial charge in [0.2, 0.25) is 5.91 Å². The minimum atomic E-state index is -0.825. The van der Waals surface area contributed by atoms with Gasteiger partial charge in [-0.25, -0.2) is 0 Å². The highest BCUT2D eigenvalue weighted by molar-refractivity contribution is 14.0. The van der Waals surface area contributed by atoms with Crippen LogP contribution in [0.4, 0.5) is 0 Å². The van der Waals surface area contributed by atoms with Crippen molar-refractivity contribution in [3.63, 3.8) is 0 Å². The van der Waals surface area contributed by atoms with Gasteiger partial charge in [0.15, 0.2) is 5.96 Å². The quantitative estimate of drug-likeness (QED) is 0.291. The van der Waals surface area contributed by atoms with Crippen LogP contribution in [0.3, 0.4) is 0 Å². The molecule has 0 aromatic heterocycles. The number of aliphatic imine (C=N–C) groups is 1. The van der Waals surface area contributed by atoms with Crippen LogP contribution < -0.4 is 14.8 Å². The van der Waals surface area contributed by atoms with Crippen molar-refractivity contribution in [3.05, 3.63) is 23.8 Å². The van der Waals surface area contributed by atoms with Crippen molar-refractivity contribution in [2.75, 3.05) is 66.7 Å². The van der Waals surface area contributed by atoms with Crippen LogP contribution in [0.15, 0.2) is 23.2 Å². The molecule has 9 nitrogen and oxygen atoms in total. The predicted octanol–water partition coefficient (Wildman–Crippen LogP) is 1.89. The number of morpholine rings is 1. The van der Waals surface area contributed by atoms with Crippen molar-refractivity contribution in [3.8, 4) is 11.5 Å². The number of nitrogens with one attached hydrogen (secondary N) is 1. The Labute approximate surface area is 213 Å². The van der Waals surface area contributed by atoms with Crippen molar-refractivity contribution in [2.24, 2.45) is 10.9 Å². The summed E-state index contributed by atoms with van der Waals surface area (Å²) in [6.07, 6.45) is 0.772. The number of benzene rings is 1. The van der Waals surface area contributed by atoms with Crippen LogP contribution >= 0.6 is 24.0 Å². The molecule has 1 atom stereocenters. The van der Waals surface area contributed by atoms with E-state index >= 15 is 0 Å². The Hall–Kier alpha value is -1.79. The largest absolute Gasteiger partial charge is 0.497 e. The number of carbonyl (C=O) groups excluding carboxylic acids is 1. The summed E-state index contributed by atoms with van der Waals surface area (Å²) in [7, 11) is 3.17. The molecule has 1 aromatic rings. The second-order valence-corrected chi connectivity index (χ2v) is 8.02. The van der Waals surface area contributed by atoms with Gasteiger partial charge < -0.3 is 34.4 Å². The first kappa shape index (κ1) is 27.5. The fraction of sp³-hybridized carbons (Fsp3) is 0.652. The van der Waals surface area contributed by atoms with E-state index in [-0.39, 0.29) is 42.3 Å². The molecule has 0 spiro atoms. The average molecular weight is 576 g/mol. The molecule has 0 aliphatic carbocycles. The fourth-order valence-electron chi connectivity index (χ4n) is 4.18. The van der Waals surface area contributed by atoms with Crippen LogP contribution in [0, 0.1) is 5.92 Å². The van der Waals surface area contributed by atoms with E-state index in [4.69, 9.17) is 14.2 Å². The zero-order chi connectivity index (χ0) is 22.9. The molecule has 1 unspecified atom stereocenters. The number of aliphatic hydroxyl groups excluding tert-OH is 1. The number of methoxy groups -OCH3 is 2. The van der Waals surface area contributed by atoms with Crippen LogP contribution in [0.25, 0.3) is 0 Å². The van der Waals surface area contributed by atoms with Gasteiger partial charge in [-0.15, -0.1) is 24.0 Å². The lowest BCUT2D eigenvalue weighted by molar-refractivity contribution is -0.140. The summed E-state index contributed by atoms with van der Waals surface area (Å²) in [6.45, 7) is 7.08. The third kappa shape index (κ3) is 7.35. The number of halogens is 1. The van der Waals surface area contributed by atoms with Gasteiger partial charge in [-0.1, -0.05) is 0 Å². The Morgan fingerprint density at radius 3 is 2.48 bits per heavy atom. The van der Waals surface area contributed by atoms with Crippen molar-refractivity contribution in [1.29, 1.82) is 0 Å². The summed E-state index contributed by atoms with van der Waals surface area (Å²) in [5.74, 6) is 2.31. The van der Waals surface area contributed by atoms with E-state index in [1.165, 1.54) is 0 Å². The number of carbonyl (C=O) groups is 1. The van der Waals surface area contributed by atoms with E-state index in [0.29, 0.717) is 43.4 Å². The summed E-state index contributed by atoms with van der Waals surface area (Å²) in [5.41, 5.74) is 0.640. The highest BCUT2D eigenvalue weighted by Gasteiger charge is 2.30. The van der Waals surface area contributed by atoms with Crippen LogP contribution in [-0.2, 0) is 9.53 Å². The molecular formula is C23H37IN4O5. The van der Waals surface area contributed by atoms with Gasteiger partial charge in [0.25, 0.3) is 0 Å². The Bertz CT molecular complexity index is 780. The van der Waals surface area contributed by atoms with Crippen molar-refractivity contribution >= 4 is 35.8 Å². The Morgan fingerprint density at radius 2 is 1.88 bits per heavy atom. The van der Waals surface area contributed by atoms with E-state index in [2.05, 4.69) is 15.2 Å². The van der Waals surface area contributed by atoms with E-state index in [0.717, 1.165) is 38.4 Å². The maximum Gasteiger partial charge on any atom is 0.225 e. The standard InChI is InChI=1S/C23H36N4O5.HI/c1-4-24-23(25-16-20(28)19-15-18(30-2)5-6-21(19)31-3)27-9-7-17(8-10-27)22(29)26-11-13-32-14-12-26;/h5-6,15,17,20,28H,4,7-14,16H2,1-3H3,(H,24,25);1H. The maximum absolute atomic E-state index is 12.8. The summed E-state index contributed by atoms with van der Waals surface area (Å²) < 4.78 is 16.0. The van der Waals surface area contributed by atoms with Crippen LogP contribution in [-0.4, -0.2) is 93.5 Å². The van der Waals surface area contributed by atoms with Gasteiger partial charge in [0, 0.05) is 44.2 Å². The zero-order valence-corrected chi connectivity index (χ0v) is 22.1. The molecule has 2 fully saturated rings. The third-order valence-corrected chi connectivity index (χ3v) is 6.01. The van der Waals surface area contributed by atoms with E-state index in [1.54, 1.807) is 32.4 Å². The van der Waals surface area contributed by atoms with Gasteiger partial charge in [-0.2, -0.15) is 0 Å². The van der Waals surface area contributed by atoms with Gasteiger partial charge in [-0.3, -0.25) is 9.79 Å². The molecule has 2 heterocycles. The number of hydrogen-bond acceptors (Lipinski definition) is 6. The predicted molar refractivity (Wildman–Crippen MR) is 138 cm³/mol. The molecule has 2 N–H and O–H groups in total. The second kappa shape index (κ2) is 13.8. The number of guanidine groups is 1. The molecule has 2 saturated heterocycles. The van der Waals surface area contributed by atoms with Gasteiger partial charge >= 0.3 is 0 Å². The average Bonchev–Trinajstić information content (AvgIpc) is 2.86. The van der Waals surface area contributed by atoms with Crippen molar-refractivity contribution in [1.82, 2.24) is 15.1 Å². The number of piperidine rings is 1. The summed E-state index contributed by atoms with van der Waals surface area (Å²) in [4.78, 5) is 21.6. The third-order valence-electron chi connectivity index (χ3n) is 6.01. The van der Waals surface area contributed by atoms with E-state index in [9.17, 15) is 9.90 Å². The smallest absolute Gasteiger partial charge is 0.225 e. The Balaban J connectivity index is 0.00000385. The molecular weight excluding hydrogens is 539 g/mol. The number of hydrogen-bond donors (Lipinski definition) is 2. The first-order chi connectivity index (χ1) is 15.6. The summed E-state index contributed by atoms with van der Waals surface area (Å²) in [5, 5.41) is 14.1. The van der Waals surface area contributed by atoms with E-state index in [1.807, 2.05) is 11.8 Å². The van der Waals surface area contributed by atoms with Crippen molar-refractivity contribution in [2.45, 2.75) is 25.9 Å². The lowest BCUT2D eigenvalue weighted by atomic mass is 9.95. The molecule has 2 aliphatic rings. The minimum absolute atomic E-state index is 0. The highest BCUT2D eigenvalue weighted by atomic mass is 127. The van der Waals surface area contributed by atoms with Crippen LogP contribution in [0.2, 0.25) is 0 Å². The normalized spacial score (nSPS) is 18.4. The first-order valence-corrected chi connectivity index (χ1v) is 11.4. The number of likely N-dealkylation sites (tertiary alicyclic amines) is 1. The zero-order valence-electron chi connectivity index (χ0n) is 19.8. The molecule has 3 rings (SSSR count). The Morgan fingerprint density at radius 1 is 1.18 bits per heavy atom. The summed E-state index contributed by atoms with van der Waals surface area (Å²) >= 11 is 0. The molecule has 10 heteroatoms. The van der Waals surface area contributed by atoms with Gasteiger partial charge in [0.05, 0.1) is 34.0 Å². The molecule has 2 aliphatic heterocycles. The summed E-state index contributed by atoms with van der Waals surface area (Å²) in [6, 6.07) is 5.35. The molecule has 0 bridgehead atoms. The number of amides is 1. The Kier molecular flexibility index (Phi) is 11.5. The molecule has 186 valence electrons. The molecule has 1 aromatic carbocycles.